The van der Waals surface area contributed by atoms with Crippen LogP contribution in [0.25, 0.3) is 0 Å². The zero-order valence-electron chi connectivity index (χ0n) is 17.2. The first-order chi connectivity index (χ1) is 14.4. The summed E-state index contributed by atoms with van der Waals surface area (Å²) in [7, 11) is 0. The summed E-state index contributed by atoms with van der Waals surface area (Å²) in [4.78, 5) is 15.8. The number of cyclic esters (lactones) is 1. The number of aromatic nitrogens is 1. The summed E-state index contributed by atoms with van der Waals surface area (Å²) in [5, 5.41) is 24.3. The third-order valence-corrected chi connectivity index (χ3v) is 5.25. The number of ether oxygens (including phenoxy) is 1. The number of hydrazone groups is 1. The van der Waals surface area contributed by atoms with Crippen molar-refractivity contribution >= 4 is 23.7 Å². The highest BCUT2D eigenvalue weighted by Crippen LogP contribution is 2.26. The predicted octanol–water partition coefficient (Wildman–Crippen LogP) is 2.88. The van der Waals surface area contributed by atoms with Gasteiger partial charge in [-0.2, -0.15) is 10.4 Å². The third kappa shape index (κ3) is 4.53. The van der Waals surface area contributed by atoms with Gasteiger partial charge in [-0.25, -0.2) is 9.78 Å². The van der Waals surface area contributed by atoms with Crippen LogP contribution in [0, 0.1) is 30.6 Å². The van der Waals surface area contributed by atoms with Crippen LogP contribution in [0.4, 0.5) is 5.82 Å². The van der Waals surface area contributed by atoms with E-state index in [4.69, 9.17) is 15.4 Å². The van der Waals surface area contributed by atoms with Crippen LogP contribution in [0.1, 0.15) is 45.1 Å². The normalized spacial score (nSPS) is 13.9. The van der Waals surface area contributed by atoms with Crippen LogP contribution < -0.4 is 10.7 Å². The summed E-state index contributed by atoms with van der Waals surface area (Å²) in [6.45, 7) is 6.82. The molecule has 1 aliphatic heterocycles. The van der Waals surface area contributed by atoms with Gasteiger partial charge in [0, 0.05) is 24.0 Å². The van der Waals surface area contributed by atoms with Crippen molar-refractivity contribution < 1.29 is 9.53 Å². The van der Waals surface area contributed by atoms with E-state index in [2.05, 4.69) is 26.9 Å². The second-order valence-electron chi connectivity index (χ2n) is 7.17. The van der Waals surface area contributed by atoms with Crippen LogP contribution in [0.3, 0.4) is 0 Å². The summed E-state index contributed by atoms with van der Waals surface area (Å²) in [6, 6.07) is 7.48. The minimum atomic E-state index is -0.252. The monoisotopic (exact) mass is 404 g/mol. The number of fused-ring (bicyclic) bond motifs is 1. The minimum Gasteiger partial charge on any atom is -0.457 e. The summed E-state index contributed by atoms with van der Waals surface area (Å²) in [6.07, 6.45) is 3.48. The van der Waals surface area contributed by atoms with Gasteiger partial charge >= 0.3 is 5.97 Å². The van der Waals surface area contributed by atoms with Crippen LogP contribution in [0.15, 0.2) is 29.5 Å². The maximum absolute atomic E-state index is 11.7. The number of benzene rings is 1. The van der Waals surface area contributed by atoms with Crippen molar-refractivity contribution in [2.75, 3.05) is 12.0 Å². The Bertz CT molecular complexity index is 1050. The Morgan fingerprint density at radius 3 is 2.97 bits per heavy atom. The zero-order chi connectivity index (χ0) is 21.7. The summed E-state index contributed by atoms with van der Waals surface area (Å²) in [5.74, 6) is 0.265. The quantitative estimate of drug-likeness (QED) is 0.353. The van der Waals surface area contributed by atoms with Gasteiger partial charge in [-0.05, 0) is 62.6 Å². The van der Waals surface area contributed by atoms with Gasteiger partial charge in [0.2, 0.25) is 0 Å². The Morgan fingerprint density at radius 2 is 2.27 bits per heavy atom. The molecular formula is C22H24N6O2. The lowest BCUT2D eigenvalue weighted by atomic mass is 9.97. The van der Waals surface area contributed by atoms with E-state index in [9.17, 15) is 4.79 Å². The number of nitriles is 1. The molecule has 0 radical (unpaired) electrons. The third-order valence-electron chi connectivity index (χ3n) is 5.25. The molecule has 8 heteroatoms. The number of nitrogens with zero attached hydrogens (tertiary/aromatic N) is 3. The maximum atomic E-state index is 11.7. The summed E-state index contributed by atoms with van der Waals surface area (Å²) >= 11 is 0. The van der Waals surface area contributed by atoms with E-state index in [1.807, 2.05) is 32.9 Å². The molecule has 2 heterocycles. The van der Waals surface area contributed by atoms with Gasteiger partial charge in [-0.15, -0.1) is 0 Å². The second-order valence-corrected chi connectivity index (χ2v) is 7.17. The molecule has 2 aromatic rings. The molecule has 8 nitrogen and oxygen atoms in total. The molecule has 1 unspecified atom stereocenters. The number of carbonyl (C=O) groups is 1. The Hall–Kier alpha value is -3.57. The van der Waals surface area contributed by atoms with Crippen molar-refractivity contribution in [3.8, 4) is 6.07 Å². The topological polar surface area (TPSA) is 123 Å². The summed E-state index contributed by atoms with van der Waals surface area (Å²) in [5.41, 5.74) is 8.60. The standard InChI is InChI=1S/C22H24N6O2/c1-13-8-21(26-11-17(13)9-23)28-27-20(10-24)15(3)25-7-6-16-4-5-18-19(14(16)2)12-30-22(18)29/h4-5,8,10-11,15,24-25H,6-7,12H2,1-3H3,(H,26,28)/b24-10?,27-20+. The van der Waals surface area contributed by atoms with Gasteiger partial charge in [0.05, 0.1) is 16.8 Å². The number of esters is 1. The Morgan fingerprint density at radius 1 is 1.47 bits per heavy atom. The van der Waals surface area contributed by atoms with Gasteiger partial charge in [0.25, 0.3) is 0 Å². The smallest absolute Gasteiger partial charge is 0.338 e. The van der Waals surface area contributed by atoms with E-state index in [0.717, 1.165) is 28.7 Å². The highest BCUT2D eigenvalue weighted by atomic mass is 16.5. The van der Waals surface area contributed by atoms with E-state index in [0.29, 0.717) is 35.8 Å². The SMILES string of the molecule is Cc1cc(N/N=C(\C=N)C(C)NCCc2ccc3c(c2C)COC3=O)ncc1C#N. The van der Waals surface area contributed by atoms with Crippen molar-refractivity contribution in [1.29, 1.82) is 10.7 Å². The first kappa shape index (κ1) is 21.1. The Kier molecular flexibility index (Phi) is 6.54. The fourth-order valence-corrected chi connectivity index (χ4v) is 3.31. The molecule has 3 N–H and O–H groups in total. The van der Waals surface area contributed by atoms with E-state index in [1.54, 1.807) is 6.07 Å². The molecule has 1 atom stereocenters. The number of hydrogen-bond acceptors (Lipinski definition) is 8. The second kappa shape index (κ2) is 9.29. The average molecular weight is 404 g/mol. The van der Waals surface area contributed by atoms with Crippen LogP contribution in [0.2, 0.25) is 0 Å². The average Bonchev–Trinajstić information content (AvgIpc) is 3.12. The first-order valence-corrected chi connectivity index (χ1v) is 9.67. The number of pyridine rings is 1. The summed E-state index contributed by atoms with van der Waals surface area (Å²) < 4.78 is 5.11. The largest absolute Gasteiger partial charge is 0.457 e. The maximum Gasteiger partial charge on any atom is 0.338 e. The van der Waals surface area contributed by atoms with Gasteiger partial charge in [-0.3, -0.25) is 5.43 Å². The molecule has 1 aromatic carbocycles. The lowest BCUT2D eigenvalue weighted by molar-refractivity contribution is 0.0535. The molecule has 0 amide bonds. The molecule has 1 aromatic heterocycles. The fraction of sp³-hybridized carbons (Fsp3) is 0.318. The minimum absolute atomic E-state index is 0.144. The van der Waals surface area contributed by atoms with Crippen molar-refractivity contribution in [3.05, 3.63) is 57.8 Å². The molecule has 154 valence electrons. The zero-order valence-corrected chi connectivity index (χ0v) is 17.2. The first-order valence-electron chi connectivity index (χ1n) is 9.67. The van der Waals surface area contributed by atoms with Gasteiger partial charge in [0.1, 0.15) is 18.5 Å². The van der Waals surface area contributed by atoms with E-state index in [-0.39, 0.29) is 12.0 Å². The highest BCUT2D eigenvalue weighted by molar-refractivity contribution is 6.31. The van der Waals surface area contributed by atoms with Crippen LogP contribution >= 0.6 is 0 Å². The molecule has 1 aliphatic rings. The molecule has 3 rings (SSSR count). The van der Waals surface area contributed by atoms with Crippen LogP contribution in [-0.2, 0) is 17.8 Å². The van der Waals surface area contributed by atoms with E-state index in [1.165, 1.54) is 12.4 Å². The van der Waals surface area contributed by atoms with Crippen molar-refractivity contribution in [2.24, 2.45) is 5.10 Å². The lowest BCUT2D eigenvalue weighted by Crippen LogP contribution is -2.36. The van der Waals surface area contributed by atoms with Crippen molar-refractivity contribution in [1.82, 2.24) is 10.3 Å². The Balaban J connectivity index is 1.58. The number of hydrogen-bond donors (Lipinski definition) is 3. The molecule has 0 saturated carbocycles. The molecule has 0 saturated heterocycles. The highest BCUT2D eigenvalue weighted by Gasteiger charge is 2.23. The van der Waals surface area contributed by atoms with Crippen LogP contribution in [-0.4, -0.2) is 35.5 Å². The van der Waals surface area contributed by atoms with Crippen molar-refractivity contribution in [3.63, 3.8) is 0 Å². The molecular weight excluding hydrogens is 380 g/mol. The predicted molar refractivity (Wildman–Crippen MR) is 115 cm³/mol. The molecule has 0 aliphatic carbocycles. The van der Waals surface area contributed by atoms with Crippen LogP contribution in [0.5, 0.6) is 0 Å². The molecule has 0 fully saturated rings. The molecule has 30 heavy (non-hydrogen) atoms. The molecule has 0 bridgehead atoms. The van der Waals surface area contributed by atoms with Gasteiger partial charge in [-0.1, -0.05) is 6.07 Å². The van der Waals surface area contributed by atoms with E-state index < -0.39 is 0 Å². The van der Waals surface area contributed by atoms with E-state index >= 15 is 0 Å². The number of carbonyl (C=O) groups excluding carboxylic acids is 1. The fourth-order valence-electron chi connectivity index (χ4n) is 3.31. The van der Waals surface area contributed by atoms with Gasteiger partial charge < -0.3 is 15.5 Å². The lowest BCUT2D eigenvalue weighted by Gasteiger charge is -2.15. The number of rotatable bonds is 8. The number of anilines is 1. The number of aryl methyl sites for hydroxylation is 1. The molecule has 0 spiro atoms. The van der Waals surface area contributed by atoms with Crippen molar-refractivity contribution in [2.45, 2.75) is 39.8 Å². The van der Waals surface area contributed by atoms with Gasteiger partial charge in [0.15, 0.2) is 0 Å². The number of nitrogens with one attached hydrogen (secondary N) is 3. The Labute approximate surface area is 175 Å².